The normalized spacial score (nSPS) is 36.9. The molecular formula is C14H24O2. The molecule has 0 aromatic rings. The molecule has 0 spiro atoms. The molecule has 0 aromatic heterocycles. The average molecular weight is 224 g/mol. The number of hydrogen-bond donors (Lipinski definition) is 0. The largest absolute Gasteiger partial charge is 0.378 e. The van der Waals surface area contributed by atoms with Gasteiger partial charge < -0.3 is 4.74 Å². The van der Waals surface area contributed by atoms with E-state index >= 15 is 0 Å². The summed E-state index contributed by atoms with van der Waals surface area (Å²) in [6, 6.07) is 0. The lowest BCUT2D eigenvalue weighted by Gasteiger charge is -2.11. The van der Waals surface area contributed by atoms with E-state index in [0.29, 0.717) is 23.7 Å². The van der Waals surface area contributed by atoms with Crippen LogP contribution in [0.5, 0.6) is 0 Å². The molecule has 0 bridgehead atoms. The first-order chi connectivity index (χ1) is 7.81. The monoisotopic (exact) mass is 224 g/mol. The zero-order valence-electron chi connectivity index (χ0n) is 10.6. The summed E-state index contributed by atoms with van der Waals surface area (Å²) >= 11 is 0. The zero-order valence-corrected chi connectivity index (χ0v) is 10.6. The van der Waals surface area contributed by atoms with E-state index in [1.54, 1.807) is 0 Å². The van der Waals surface area contributed by atoms with Crippen molar-refractivity contribution in [2.24, 2.45) is 17.8 Å². The smallest absolute Gasteiger partial charge is 0.133 e. The van der Waals surface area contributed by atoms with E-state index < -0.39 is 0 Å². The standard InChI is InChI=1S/C12H18O2.C2H6/c13-11-3-9-5-12(6-10(9)4-11)14-7-8-1-2-8;1-2/h8-10,12H,1-7H2;1-2H3/t9-,10+,12?;. The lowest BCUT2D eigenvalue weighted by molar-refractivity contribution is -0.118. The Kier molecular flexibility index (Phi) is 4.01. The number of carbonyl (C=O) groups excluding carboxylic acids is 1. The maximum atomic E-state index is 11.2. The lowest BCUT2D eigenvalue weighted by Crippen LogP contribution is -2.12. The van der Waals surface area contributed by atoms with Crippen molar-refractivity contribution in [3.8, 4) is 0 Å². The Morgan fingerprint density at radius 2 is 1.69 bits per heavy atom. The van der Waals surface area contributed by atoms with Gasteiger partial charge in [0.2, 0.25) is 0 Å². The van der Waals surface area contributed by atoms with Crippen LogP contribution in [0.1, 0.15) is 52.4 Å². The molecule has 3 rings (SSSR count). The van der Waals surface area contributed by atoms with Crippen LogP contribution in [0.2, 0.25) is 0 Å². The van der Waals surface area contributed by atoms with Crippen molar-refractivity contribution in [3.05, 3.63) is 0 Å². The number of ketones is 1. The van der Waals surface area contributed by atoms with E-state index in [9.17, 15) is 4.79 Å². The molecule has 3 aliphatic carbocycles. The lowest BCUT2D eigenvalue weighted by atomic mass is 10.0. The molecule has 3 fully saturated rings. The van der Waals surface area contributed by atoms with Gasteiger partial charge in [-0.3, -0.25) is 4.79 Å². The molecule has 0 aliphatic heterocycles. The molecule has 0 heterocycles. The molecular weight excluding hydrogens is 200 g/mol. The van der Waals surface area contributed by atoms with E-state index in [-0.39, 0.29) is 0 Å². The van der Waals surface area contributed by atoms with Crippen LogP contribution in [0.25, 0.3) is 0 Å². The van der Waals surface area contributed by atoms with Gasteiger partial charge in [-0.2, -0.15) is 0 Å². The van der Waals surface area contributed by atoms with Crippen LogP contribution in [-0.4, -0.2) is 18.5 Å². The van der Waals surface area contributed by atoms with E-state index in [0.717, 1.165) is 38.2 Å². The van der Waals surface area contributed by atoms with E-state index in [2.05, 4.69) is 0 Å². The van der Waals surface area contributed by atoms with Gasteiger partial charge in [-0.1, -0.05) is 13.8 Å². The third-order valence-electron chi connectivity index (χ3n) is 4.04. The molecule has 1 unspecified atom stereocenters. The highest BCUT2D eigenvalue weighted by Crippen LogP contribution is 2.44. The number of Topliss-reactive ketones (excluding diaryl/α,β-unsaturated/α-hetero) is 1. The van der Waals surface area contributed by atoms with Gasteiger partial charge in [0, 0.05) is 19.4 Å². The van der Waals surface area contributed by atoms with Gasteiger partial charge in [-0.25, -0.2) is 0 Å². The third kappa shape index (κ3) is 2.85. The predicted octanol–water partition coefficient (Wildman–Crippen LogP) is 3.20. The summed E-state index contributed by atoms with van der Waals surface area (Å²) in [4.78, 5) is 11.2. The molecule has 16 heavy (non-hydrogen) atoms. The molecule has 0 radical (unpaired) electrons. The van der Waals surface area contributed by atoms with Crippen LogP contribution in [0.3, 0.4) is 0 Å². The van der Waals surface area contributed by atoms with Crippen molar-refractivity contribution in [2.45, 2.75) is 58.5 Å². The van der Waals surface area contributed by atoms with Crippen molar-refractivity contribution in [1.82, 2.24) is 0 Å². The van der Waals surface area contributed by atoms with Crippen molar-refractivity contribution < 1.29 is 9.53 Å². The van der Waals surface area contributed by atoms with Crippen LogP contribution < -0.4 is 0 Å². The highest BCUT2D eigenvalue weighted by atomic mass is 16.5. The van der Waals surface area contributed by atoms with Gasteiger partial charge in [0.15, 0.2) is 0 Å². The third-order valence-corrected chi connectivity index (χ3v) is 4.04. The summed E-state index contributed by atoms with van der Waals surface area (Å²) < 4.78 is 5.89. The van der Waals surface area contributed by atoms with Crippen LogP contribution in [0.4, 0.5) is 0 Å². The predicted molar refractivity (Wildman–Crippen MR) is 64.3 cm³/mol. The SMILES string of the molecule is CC.O=C1C[C@@H]2CC(OCC3CC3)C[C@@H]2C1. The Morgan fingerprint density at radius 1 is 1.12 bits per heavy atom. The van der Waals surface area contributed by atoms with Crippen LogP contribution in [0.15, 0.2) is 0 Å². The Balaban J connectivity index is 0.000000457. The second-order valence-corrected chi connectivity index (χ2v) is 5.34. The minimum absolute atomic E-state index is 0.485. The average Bonchev–Trinajstić information content (AvgIpc) is 2.94. The van der Waals surface area contributed by atoms with Gasteiger partial charge in [0.25, 0.3) is 0 Å². The first-order valence-corrected chi connectivity index (χ1v) is 6.94. The quantitative estimate of drug-likeness (QED) is 0.736. The molecule has 0 amide bonds. The first-order valence-electron chi connectivity index (χ1n) is 6.94. The Bertz CT molecular complexity index is 229. The maximum absolute atomic E-state index is 11.2. The van der Waals surface area contributed by atoms with Gasteiger partial charge in [0.05, 0.1) is 6.10 Å². The Hall–Kier alpha value is -0.370. The van der Waals surface area contributed by atoms with Crippen molar-refractivity contribution in [3.63, 3.8) is 0 Å². The van der Waals surface area contributed by atoms with Gasteiger partial charge in [-0.15, -0.1) is 0 Å². The fourth-order valence-electron chi connectivity index (χ4n) is 3.02. The molecule has 0 N–H and O–H groups in total. The van der Waals surface area contributed by atoms with E-state index in [4.69, 9.17) is 4.74 Å². The summed E-state index contributed by atoms with van der Waals surface area (Å²) in [7, 11) is 0. The second-order valence-electron chi connectivity index (χ2n) is 5.34. The molecule has 3 atom stereocenters. The Morgan fingerprint density at radius 3 is 2.19 bits per heavy atom. The summed E-state index contributed by atoms with van der Waals surface area (Å²) in [5, 5.41) is 0. The van der Waals surface area contributed by atoms with Gasteiger partial charge >= 0.3 is 0 Å². The molecule has 2 heteroatoms. The fourth-order valence-corrected chi connectivity index (χ4v) is 3.02. The van der Waals surface area contributed by atoms with E-state index in [1.165, 1.54) is 12.8 Å². The Labute approximate surface area is 98.7 Å². The summed E-state index contributed by atoms with van der Waals surface area (Å²) in [6.07, 6.45) is 7.23. The van der Waals surface area contributed by atoms with Gasteiger partial charge in [-0.05, 0) is 43.4 Å². The van der Waals surface area contributed by atoms with Crippen LogP contribution in [0, 0.1) is 17.8 Å². The van der Waals surface area contributed by atoms with Crippen molar-refractivity contribution in [2.75, 3.05) is 6.61 Å². The minimum Gasteiger partial charge on any atom is -0.378 e. The molecule has 2 nitrogen and oxygen atoms in total. The number of fused-ring (bicyclic) bond motifs is 1. The summed E-state index contributed by atoms with van der Waals surface area (Å²) in [5.74, 6) is 2.70. The second kappa shape index (κ2) is 5.31. The molecule has 0 saturated heterocycles. The topological polar surface area (TPSA) is 26.3 Å². The van der Waals surface area contributed by atoms with Gasteiger partial charge in [0.1, 0.15) is 5.78 Å². The summed E-state index contributed by atoms with van der Waals surface area (Å²) in [6.45, 7) is 4.98. The highest BCUT2D eigenvalue weighted by Gasteiger charge is 2.41. The summed E-state index contributed by atoms with van der Waals surface area (Å²) in [5.41, 5.74) is 0. The van der Waals surface area contributed by atoms with Crippen molar-refractivity contribution >= 4 is 5.78 Å². The molecule has 3 saturated carbocycles. The maximum Gasteiger partial charge on any atom is 0.133 e. The van der Waals surface area contributed by atoms with Crippen molar-refractivity contribution in [1.29, 1.82) is 0 Å². The number of rotatable bonds is 3. The number of ether oxygens (including phenoxy) is 1. The van der Waals surface area contributed by atoms with E-state index in [1.807, 2.05) is 13.8 Å². The van der Waals surface area contributed by atoms with Crippen LogP contribution >= 0.6 is 0 Å². The zero-order chi connectivity index (χ0) is 11.5. The molecule has 3 aliphatic rings. The highest BCUT2D eigenvalue weighted by molar-refractivity contribution is 5.81. The molecule has 92 valence electrons. The number of carbonyl (C=O) groups is 1. The van der Waals surface area contributed by atoms with Crippen LogP contribution in [-0.2, 0) is 9.53 Å². The fraction of sp³-hybridized carbons (Fsp3) is 0.929. The number of hydrogen-bond acceptors (Lipinski definition) is 2. The first kappa shape index (κ1) is 12.1. The minimum atomic E-state index is 0.485. The molecule has 0 aromatic carbocycles.